The topological polar surface area (TPSA) is 38.8 Å². The Morgan fingerprint density at radius 1 is 1.33 bits per heavy atom. The Morgan fingerprint density at radius 2 is 2.17 bits per heavy atom. The zero-order valence-corrected chi connectivity index (χ0v) is 14.3. The maximum absolute atomic E-state index is 13.0. The molecule has 1 saturated heterocycles. The van der Waals surface area contributed by atoms with Crippen LogP contribution < -0.4 is 4.74 Å². The van der Waals surface area contributed by atoms with E-state index in [4.69, 9.17) is 9.47 Å². The van der Waals surface area contributed by atoms with Crippen molar-refractivity contribution < 1.29 is 14.3 Å². The molecule has 4 nitrogen and oxygen atoms in total. The van der Waals surface area contributed by atoms with E-state index in [1.54, 1.807) is 7.11 Å². The fourth-order valence-corrected chi connectivity index (χ4v) is 5.08. The number of ether oxygens (including phenoxy) is 2. The molecule has 1 amide bonds. The van der Waals surface area contributed by atoms with Crippen LogP contribution in [0.4, 0.5) is 0 Å². The minimum atomic E-state index is 0.0346. The number of carbonyl (C=O) groups is 1. The molecule has 0 N–H and O–H groups in total. The quantitative estimate of drug-likeness (QED) is 0.838. The second kappa shape index (κ2) is 5.22. The highest BCUT2D eigenvalue weighted by atomic mass is 16.5. The molecule has 1 spiro atoms. The number of hydrogen-bond acceptors (Lipinski definition) is 3. The summed E-state index contributed by atoms with van der Waals surface area (Å²) >= 11 is 0. The molecule has 5 rings (SSSR count). The number of carbonyl (C=O) groups excluding carboxylic acids is 1. The summed E-state index contributed by atoms with van der Waals surface area (Å²) in [5.41, 5.74) is 3.14. The number of rotatable bonds is 2. The fraction of sp³-hybridized carbons (Fsp3) is 0.650. The summed E-state index contributed by atoms with van der Waals surface area (Å²) in [7, 11) is 1.70. The van der Waals surface area contributed by atoms with Crippen LogP contribution in [0.5, 0.6) is 5.75 Å². The average Bonchev–Trinajstić information content (AvgIpc) is 3.39. The number of hydrogen-bond donors (Lipinski definition) is 0. The first-order valence-corrected chi connectivity index (χ1v) is 9.28. The van der Waals surface area contributed by atoms with Gasteiger partial charge in [-0.25, -0.2) is 0 Å². The van der Waals surface area contributed by atoms with Gasteiger partial charge < -0.3 is 14.4 Å². The van der Waals surface area contributed by atoms with Crippen LogP contribution in [0.2, 0.25) is 0 Å². The van der Waals surface area contributed by atoms with Gasteiger partial charge in [0.2, 0.25) is 5.91 Å². The molecule has 2 atom stereocenters. The molecule has 0 bridgehead atoms. The van der Waals surface area contributed by atoms with E-state index in [0.717, 1.165) is 38.0 Å². The molecule has 24 heavy (non-hydrogen) atoms. The Hall–Kier alpha value is -1.55. The van der Waals surface area contributed by atoms with E-state index in [1.165, 1.54) is 24.0 Å². The Bertz CT molecular complexity index is 673. The molecule has 3 fully saturated rings. The Labute approximate surface area is 143 Å². The van der Waals surface area contributed by atoms with Crippen molar-refractivity contribution in [3.8, 4) is 5.75 Å². The summed E-state index contributed by atoms with van der Waals surface area (Å²) in [5, 5.41) is 0. The Kier molecular flexibility index (Phi) is 3.21. The third-order valence-electron chi connectivity index (χ3n) is 6.69. The van der Waals surface area contributed by atoms with Crippen molar-refractivity contribution in [2.24, 2.45) is 11.3 Å². The predicted octanol–water partition coefficient (Wildman–Crippen LogP) is 3.10. The van der Waals surface area contributed by atoms with Crippen molar-refractivity contribution in [1.29, 1.82) is 0 Å². The Morgan fingerprint density at radius 3 is 2.92 bits per heavy atom. The molecule has 4 aliphatic rings. The molecule has 1 aliphatic heterocycles. The summed E-state index contributed by atoms with van der Waals surface area (Å²) in [5.74, 6) is 1.58. The van der Waals surface area contributed by atoms with Crippen molar-refractivity contribution in [1.82, 2.24) is 4.90 Å². The van der Waals surface area contributed by atoms with E-state index in [9.17, 15) is 4.79 Å². The van der Waals surface area contributed by atoms with Crippen LogP contribution in [-0.4, -0.2) is 37.1 Å². The number of nitrogens with zero attached hydrogens (tertiary/aromatic N) is 1. The van der Waals surface area contributed by atoms with Gasteiger partial charge in [0.05, 0.1) is 19.8 Å². The van der Waals surface area contributed by atoms with Gasteiger partial charge >= 0.3 is 0 Å². The first-order valence-electron chi connectivity index (χ1n) is 9.28. The van der Waals surface area contributed by atoms with Crippen LogP contribution in [0, 0.1) is 11.3 Å². The molecule has 1 heterocycles. The molecular weight excluding hydrogens is 302 g/mol. The highest BCUT2D eigenvalue weighted by molar-refractivity contribution is 5.81. The van der Waals surface area contributed by atoms with E-state index in [-0.39, 0.29) is 18.1 Å². The van der Waals surface area contributed by atoms with Gasteiger partial charge in [0.25, 0.3) is 0 Å². The zero-order chi connectivity index (χ0) is 16.3. The molecule has 128 valence electrons. The lowest BCUT2D eigenvalue weighted by molar-refractivity contribution is -0.157. The minimum absolute atomic E-state index is 0.0346. The second-order valence-electron chi connectivity index (χ2n) is 8.10. The van der Waals surface area contributed by atoms with Gasteiger partial charge in [-0.15, -0.1) is 0 Å². The van der Waals surface area contributed by atoms with E-state index in [1.807, 2.05) is 6.07 Å². The normalized spacial score (nSPS) is 30.3. The molecule has 1 aromatic carbocycles. The lowest BCUT2D eigenvalue weighted by Crippen LogP contribution is -2.55. The zero-order valence-electron chi connectivity index (χ0n) is 14.3. The maximum Gasteiger partial charge on any atom is 0.226 e. The molecular formula is C20H25NO3. The second-order valence-corrected chi connectivity index (χ2v) is 8.10. The fourth-order valence-electron chi connectivity index (χ4n) is 5.08. The third kappa shape index (κ3) is 2.19. The van der Waals surface area contributed by atoms with Gasteiger partial charge in [0, 0.05) is 12.5 Å². The summed E-state index contributed by atoms with van der Waals surface area (Å²) in [6, 6.07) is 6.47. The van der Waals surface area contributed by atoms with Crippen LogP contribution in [0.3, 0.4) is 0 Å². The molecule has 0 aromatic heterocycles. The van der Waals surface area contributed by atoms with Gasteiger partial charge in [0.1, 0.15) is 11.9 Å². The summed E-state index contributed by atoms with van der Waals surface area (Å²) in [6.45, 7) is 1.41. The average molecular weight is 327 g/mol. The number of morpholine rings is 1. The van der Waals surface area contributed by atoms with Crippen molar-refractivity contribution in [3.05, 3.63) is 29.3 Å². The van der Waals surface area contributed by atoms with Crippen LogP contribution in [0.15, 0.2) is 18.2 Å². The van der Waals surface area contributed by atoms with Crippen LogP contribution >= 0.6 is 0 Å². The van der Waals surface area contributed by atoms with Gasteiger partial charge in [0.15, 0.2) is 0 Å². The smallest absolute Gasteiger partial charge is 0.226 e. The van der Waals surface area contributed by atoms with Crippen molar-refractivity contribution in [2.75, 3.05) is 20.3 Å². The Balaban J connectivity index is 1.37. The first-order chi connectivity index (χ1) is 11.7. The molecule has 4 heteroatoms. The molecule has 1 aromatic rings. The van der Waals surface area contributed by atoms with Crippen molar-refractivity contribution >= 4 is 5.91 Å². The molecule has 0 radical (unpaired) electrons. The van der Waals surface area contributed by atoms with Gasteiger partial charge in [-0.2, -0.15) is 0 Å². The lowest BCUT2D eigenvalue weighted by Gasteiger charge is -2.47. The highest BCUT2D eigenvalue weighted by Gasteiger charge is 2.56. The number of methoxy groups -OCH3 is 1. The van der Waals surface area contributed by atoms with Gasteiger partial charge in [-0.1, -0.05) is 6.07 Å². The highest BCUT2D eigenvalue weighted by Crippen LogP contribution is 2.63. The minimum Gasteiger partial charge on any atom is -0.497 e. The van der Waals surface area contributed by atoms with E-state index in [0.29, 0.717) is 17.9 Å². The monoisotopic (exact) mass is 327 g/mol. The van der Waals surface area contributed by atoms with Gasteiger partial charge in [-0.3, -0.25) is 4.79 Å². The summed E-state index contributed by atoms with van der Waals surface area (Å²) in [6.07, 6.45) is 6.99. The first kappa shape index (κ1) is 14.8. The maximum atomic E-state index is 13.0. The molecule has 2 saturated carbocycles. The van der Waals surface area contributed by atoms with E-state index < -0.39 is 0 Å². The predicted molar refractivity (Wildman–Crippen MR) is 89.9 cm³/mol. The van der Waals surface area contributed by atoms with E-state index >= 15 is 0 Å². The number of aryl methyl sites for hydroxylation is 1. The van der Waals surface area contributed by atoms with Crippen LogP contribution in [0.1, 0.15) is 49.3 Å². The van der Waals surface area contributed by atoms with E-state index in [2.05, 4.69) is 17.0 Å². The lowest BCUT2D eigenvalue weighted by atomic mass is 9.70. The molecule has 2 unspecified atom stereocenters. The van der Waals surface area contributed by atoms with Crippen molar-refractivity contribution in [2.45, 2.75) is 50.7 Å². The largest absolute Gasteiger partial charge is 0.497 e. The van der Waals surface area contributed by atoms with Crippen LogP contribution in [0.25, 0.3) is 0 Å². The summed E-state index contributed by atoms with van der Waals surface area (Å²) < 4.78 is 11.5. The molecule has 3 aliphatic carbocycles. The summed E-state index contributed by atoms with van der Waals surface area (Å²) in [4.78, 5) is 15.2. The van der Waals surface area contributed by atoms with Crippen LogP contribution in [-0.2, 0) is 16.0 Å². The number of amides is 1. The standard InChI is InChI=1S/C20H25NO3/c1-23-15-3-4-16-13(10-15)2-5-17-18(16)24-9-8-21(17)19(22)14-11-20(12-14)6-7-20/h3-4,10,14,17-18H,2,5-9,11-12H2,1H3. The number of benzene rings is 1. The van der Waals surface area contributed by atoms with Gasteiger partial charge in [-0.05, 0) is 67.2 Å². The third-order valence-corrected chi connectivity index (χ3v) is 6.69. The SMILES string of the molecule is COc1ccc2c(c1)CCC1C2OCCN1C(=O)C1CC2(CC2)C1. The van der Waals surface area contributed by atoms with Crippen molar-refractivity contribution in [3.63, 3.8) is 0 Å². The number of fused-ring (bicyclic) bond motifs is 3.